The van der Waals surface area contributed by atoms with E-state index >= 15 is 0 Å². The van der Waals surface area contributed by atoms with E-state index in [0.717, 1.165) is 35.5 Å². The monoisotopic (exact) mass is 341 g/mol. The van der Waals surface area contributed by atoms with Gasteiger partial charge in [-0.3, -0.25) is 9.48 Å². The molecule has 0 spiro atoms. The number of carbonyl (C=O) groups is 1. The lowest BCUT2D eigenvalue weighted by molar-refractivity contribution is -0.120. The van der Waals surface area contributed by atoms with Crippen LogP contribution < -0.4 is 10.1 Å². The number of para-hydroxylation sites is 1. The van der Waals surface area contributed by atoms with E-state index in [9.17, 15) is 4.79 Å². The smallest absolute Gasteiger partial charge is 0.224 e. The first-order valence-electron chi connectivity index (χ1n) is 8.86. The van der Waals surface area contributed by atoms with Crippen LogP contribution in [0.4, 0.5) is 0 Å². The molecule has 5 heteroatoms. The molecule has 5 nitrogen and oxygen atoms in total. The van der Waals surface area contributed by atoms with Crippen LogP contribution >= 0.6 is 0 Å². The number of hydrogen-bond acceptors (Lipinski definition) is 3. The number of rotatable bonds is 6. The summed E-state index contributed by atoms with van der Waals surface area (Å²) in [5.74, 6) is 0.968. The van der Waals surface area contributed by atoms with Crippen molar-refractivity contribution >= 4 is 5.91 Å². The number of amides is 1. The van der Waals surface area contributed by atoms with Gasteiger partial charge in [0.1, 0.15) is 5.75 Å². The van der Waals surface area contributed by atoms with Crippen molar-refractivity contribution in [1.82, 2.24) is 15.1 Å². The summed E-state index contributed by atoms with van der Waals surface area (Å²) >= 11 is 0. The molecular weight excluding hydrogens is 314 g/mol. The van der Waals surface area contributed by atoms with Crippen molar-refractivity contribution in [3.05, 3.63) is 46.8 Å². The zero-order valence-electron chi connectivity index (χ0n) is 15.6. The minimum atomic E-state index is 0.00128. The molecule has 1 aliphatic rings. The van der Waals surface area contributed by atoms with Crippen LogP contribution in [0.1, 0.15) is 41.8 Å². The van der Waals surface area contributed by atoms with E-state index in [2.05, 4.69) is 16.5 Å². The maximum atomic E-state index is 12.5. The number of hydrogen-bond donors (Lipinski definition) is 1. The number of methoxy groups -OCH3 is 1. The fourth-order valence-electron chi connectivity index (χ4n) is 3.79. The van der Waals surface area contributed by atoms with Gasteiger partial charge in [0.05, 0.1) is 19.2 Å². The van der Waals surface area contributed by atoms with Crippen molar-refractivity contribution < 1.29 is 9.53 Å². The predicted octanol–water partition coefficient (Wildman–Crippen LogP) is 2.83. The fourth-order valence-corrected chi connectivity index (χ4v) is 3.79. The Labute approximate surface area is 149 Å². The molecule has 1 N–H and O–H groups in total. The van der Waals surface area contributed by atoms with Gasteiger partial charge in [0, 0.05) is 35.8 Å². The van der Waals surface area contributed by atoms with Crippen LogP contribution in [0.15, 0.2) is 24.3 Å². The SMILES string of the molecule is COc1ccccc1C1(CNC(=O)Cc2c(C)nn(C)c2C)CCC1. The molecule has 2 aromatic rings. The second kappa shape index (κ2) is 6.90. The highest BCUT2D eigenvalue weighted by Crippen LogP contribution is 2.46. The molecular formula is C20H27N3O2. The first-order chi connectivity index (χ1) is 12.0. The van der Waals surface area contributed by atoms with Crippen molar-refractivity contribution in [3.8, 4) is 5.75 Å². The summed E-state index contributed by atoms with van der Waals surface area (Å²) < 4.78 is 7.37. The largest absolute Gasteiger partial charge is 0.496 e. The van der Waals surface area contributed by atoms with Crippen LogP contribution in [0.2, 0.25) is 0 Å². The van der Waals surface area contributed by atoms with Crippen LogP contribution in [0.25, 0.3) is 0 Å². The first-order valence-corrected chi connectivity index (χ1v) is 8.86. The highest BCUT2D eigenvalue weighted by atomic mass is 16.5. The Kier molecular flexibility index (Phi) is 4.84. The maximum absolute atomic E-state index is 12.5. The molecule has 0 aliphatic heterocycles. The third-order valence-corrected chi connectivity index (χ3v) is 5.61. The van der Waals surface area contributed by atoms with Gasteiger partial charge in [-0.1, -0.05) is 24.6 Å². The Morgan fingerprint density at radius 1 is 1.32 bits per heavy atom. The number of aromatic nitrogens is 2. The van der Waals surface area contributed by atoms with E-state index in [1.54, 1.807) is 7.11 Å². The summed E-state index contributed by atoms with van der Waals surface area (Å²) in [5.41, 5.74) is 4.22. The van der Waals surface area contributed by atoms with Crippen LogP contribution in [-0.4, -0.2) is 29.3 Å². The highest BCUT2D eigenvalue weighted by molar-refractivity contribution is 5.79. The van der Waals surface area contributed by atoms with Gasteiger partial charge in [0.25, 0.3) is 0 Å². The van der Waals surface area contributed by atoms with Crippen molar-refractivity contribution in [2.45, 2.75) is 44.9 Å². The lowest BCUT2D eigenvalue weighted by atomic mass is 9.64. The Morgan fingerprint density at radius 2 is 2.04 bits per heavy atom. The summed E-state index contributed by atoms with van der Waals surface area (Å²) in [6.07, 6.45) is 3.74. The fraction of sp³-hybridized carbons (Fsp3) is 0.500. The normalized spacial score (nSPS) is 15.5. The molecule has 1 aromatic carbocycles. The van der Waals surface area contributed by atoms with Gasteiger partial charge in [-0.25, -0.2) is 0 Å². The maximum Gasteiger partial charge on any atom is 0.224 e. The van der Waals surface area contributed by atoms with Gasteiger partial charge in [-0.2, -0.15) is 5.10 Å². The highest BCUT2D eigenvalue weighted by Gasteiger charge is 2.40. The standard InChI is InChI=1S/C20H27N3O2/c1-14-16(15(2)23(3)22-14)12-19(24)21-13-20(10-7-11-20)17-8-5-6-9-18(17)25-4/h5-6,8-9H,7,10-13H2,1-4H3,(H,21,24). The topological polar surface area (TPSA) is 56.1 Å². The van der Waals surface area contributed by atoms with E-state index in [1.807, 2.05) is 43.8 Å². The van der Waals surface area contributed by atoms with Crippen LogP contribution in [-0.2, 0) is 23.7 Å². The summed E-state index contributed by atoms with van der Waals surface area (Å²) in [6.45, 7) is 4.62. The van der Waals surface area contributed by atoms with E-state index in [1.165, 1.54) is 12.0 Å². The molecule has 1 fully saturated rings. The number of carbonyl (C=O) groups excluding carboxylic acids is 1. The molecule has 1 heterocycles. The van der Waals surface area contributed by atoms with E-state index in [4.69, 9.17) is 4.74 Å². The summed E-state index contributed by atoms with van der Waals surface area (Å²) in [6, 6.07) is 8.16. The van der Waals surface area contributed by atoms with Crippen LogP contribution in [0.5, 0.6) is 5.75 Å². The molecule has 0 bridgehead atoms. The Morgan fingerprint density at radius 3 is 2.60 bits per heavy atom. The predicted molar refractivity (Wildman–Crippen MR) is 97.9 cm³/mol. The van der Waals surface area contributed by atoms with E-state index < -0.39 is 0 Å². The second-order valence-corrected chi connectivity index (χ2v) is 7.06. The lowest BCUT2D eigenvalue weighted by Gasteiger charge is -2.43. The van der Waals surface area contributed by atoms with Gasteiger partial charge in [-0.15, -0.1) is 0 Å². The van der Waals surface area contributed by atoms with Crippen molar-refractivity contribution in [1.29, 1.82) is 0 Å². The molecule has 0 saturated heterocycles. The molecule has 0 unspecified atom stereocenters. The van der Waals surface area contributed by atoms with Crippen molar-refractivity contribution in [2.24, 2.45) is 7.05 Å². The molecule has 1 amide bonds. The zero-order valence-corrected chi connectivity index (χ0v) is 15.6. The third kappa shape index (κ3) is 3.28. The van der Waals surface area contributed by atoms with Crippen molar-refractivity contribution in [2.75, 3.05) is 13.7 Å². The van der Waals surface area contributed by atoms with Gasteiger partial charge < -0.3 is 10.1 Å². The van der Waals surface area contributed by atoms with Gasteiger partial charge in [0.2, 0.25) is 5.91 Å². The second-order valence-electron chi connectivity index (χ2n) is 7.06. The van der Waals surface area contributed by atoms with Gasteiger partial charge in [0.15, 0.2) is 0 Å². The summed E-state index contributed by atoms with van der Waals surface area (Å²) in [7, 11) is 3.62. The molecule has 1 aliphatic carbocycles. The molecule has 1 saturated carbocycles. The van der Waals surface area contributed by atoms with Gasteiger partial charge >= 0.3 is 0 Å². The molecule has 25 heavy (non-hydrogen) atoms. The number of ether oxygens (including phenoxy) is 1. The minimum absolute atomic E-state index is 0.00128. The quantitative estimate of drug-likeness (QED) is 0.879. The number of nitrogens with zero attached hydrogens (tertiary/aromatic N) is 2. The number of benzene rings is 1. The van der Waals surface area contributed by atoms with Gasteiger partial charge in [-0.05, 0) is 32.8 Å². The summed E-state index contributed by atoms with van der Waals surface area (Å²) in [4.78, 5) is 12.5. The Hall–Kier alpha value is -2.30. The average Bonchev–Trinajstić information content (AvgIpc) is 2.80. The zero-order chi connectivity index (χ0) is 18.0. The number of nitrogens with one attached hydrogen (secondary N) is 1. The molecule has 0 radical (unpaired) electrons. The third-order valence-electron chi connectivity index (χ3n) is 5.61. The minimum Gasteiger partial charge on any atom is -0.496 e. The average molecular weight is 341 g/mol. The first kappa shape index (κ1) is 17.5. The molecule has 134 valence electrons. The molecule has 0 atom stereocenters. The van der Waals surface area contributed by atoms with Crippen molar-refractivity contribution in [3.63, 3.8) is 0 Å². The molecule has 1 aromatic heterocycles. The van der Waals surface area contributed by atoms with E-state index in [-0.39, 0.29) is 11.3 Å². The van der Waals surface area contributed by atoms with Crippen LogP contribution in [0.3, 0.4) is 0 Å². The Balaban J connectivity index is 1.70. The lowest BCUT2D eigenvalue weighted by Crippen LogP contribution is -2.46. The van der Waals surface area contributed by atoms with E-state index in [0.29, 0.717) is 13.0 Å². The van der Waals surface area contributed by atoms with Crippen LogP contribution in [0, 0.1) is 13.8 Å². The summed E-state index contributed by atoms with van der Waals surface area (Å²) in [5, 5.41) is 7.55. The Bertz CT molecular complexity index is 775. The molecule has 3 rings (SSSR count). The number of aryl methyl sites for hydroxylation is 2.